The van der Waals surface area contributed by atoms with Crippen molar-refractivity contribution in [3.05, 3.63) is 90.0 Å². The van der Waals surface area contributed by atoms with E-state index in [-0.39, 0.29) is 5.97 Å². The van der Waals surface area contributed by atoms with Gasteiger partial charge in [0.1, 0.15) is 5.75 Å². The van der Waals surface area contributed by atoms with Crippen LogP contribution in [0.4, 0.5) is 0 Å². The van der Waals surface area contributed by atoms with E-state index in [9.17, 15) is 9.59 Å². The van der Waals surface area contributed by atoms with Crippen LogP contribution in [-0.4, -0.2) is 25.0 Å². The van der Waals surface area contributed by atoms with Crippen LogP contribution >= 0.6 is 0 Å². The number of hydrogen-bond acceptors (Lipinski definition) is 4. The minimum atomic E-state index is -0.726. The molecule has 142 valence electrons. The molecule has 0 N–H and O–H groups in total. The van der Waals surface area contributed by atoms with Gasteiger partial charge in [0.25, 0.3) is 0 Å². The van der Waals surface area contributed by atoms with Crippen LogP contribution in [0.1, 0.15) is 22.8 Å². The predicted molar refractivity (Wildman–Crippen MR) is 108 cm³/mol. The third-order valence-electron chi connectivity index (χ3n) is 4.34. The zero-order valence-corrected chi connectivity index (χ0v) is 15.7. The Kier molecular flexibility index (Phi) is 6.58. The molecule has 0 spiro atoms. The van der Waals surface area contributed by atoms with Crippen LogP contribution in [0.25, 0.3) is 11.1 Å². The van der Waals surface area contributed by atoms with E-state index in [1.54, 1.807) is 25.1 Å². The molecule has 0 aliphatic rings. The molecule has 0 aromatic heterocycles. The van der Waals surface area contributed by atoms with Crippen LogP contribution in [0, 0.1) is 0 Å². The first-order valence-electron chi connectivity index (χ1n) is 9.23. The number of carbonyl (C=O) groups is 2. The summed E-state index contributed by atoms with van der Waals surface area (Å²) >= 11 is 0. The second-order valence-corrected chi connectivity index (χ2v) is 6.28. The molecule has 0 saturated carbocycles. The van der Waals surface area contributed by atoms with E-state index < -0.39 is 6.10 Å². The van der Waals surface area contributed by atoms with E-state index in [0.717, 1.165) is 23.0 Å². The van der Waals surface area contributed by atoms with Crippen LogP contribution in [0.15, 0.2) is 78.9 Å². The largest absolute Gasteiger partial charge is 0.478 e. The molecule has 0 amide bonds. The summed E-state index contributed by atoms with van der Waals surface area (Å²) in [6.07, 6.45) is 0.543. The quantitative estimate of drug-likeness (QED) is 0.423. The molecular weight excluding hydrogens is 352 g/mol. The SMILES string of the molecule is CCOC(=O)C(Cc1ccccc1)Oc1ccc(-c2ccccc2C=O)cc1. The average Bonchev–Trinajstić information content (AvgIpc) is 2.75. The summed E-state index contributed by atoms with van der Waals surface area (Å²) in [5.74, 6) is 0.183. The number of carbonyl (C=O) groups excluding carboxylic acids is 2. The molecule has 3 rings (SSSR count). The number of ether oxygens (including phenoxy) is 2. The molecule has 1 unspecified atom stereocenters. The maximum atomic E-state index is 12.3. The number of benzene rings is 3. The third-order valence-corrected chi connectivity index (χ3v) is 4.34. The number of esters is 1. The fraction of sp³-hybridized carbons (Fsp3) is 0.167. The lowest BCUT2D eigenvalue weighted by Crippen LogP contribution is -2.31. The highest BCUT2D eigenvalue weighted by Gasteiger charge is 2.22. The van der Waals surface area contributed by atoms with E-state index in [2.05, 4.69) is 0 Å². The van der Waals surface area contributed by atoms with E-state index >= 15 is 0 Å². The van der Waals surface area contributed by atoms with Crippen molar-refractivity contribution in [1.82, 2.24) is 0 Å². The monoisotopic (exact) mass is 374 g/mol. The molecule has 1 atom stereocenters. The number of rotatable bonds is 8. The van der Waals surface area contributed by atoms with Gasteiger partial charge in [-0.05, 0) is 35.7 Å². The summed E-state index contributed by atoms with van der Waals surface area (Å²) in [6.45, 7) is 2.08. The summed E-state index contributed by atoms with van der Waals surface area (Å²) in [5.41, 5.74) is 3.39. The van der Waals surface area contributed by atoms with Crippen LogP contribution < -0.4 is 4.74 Å². The summed E-state index contributed by atoms with van der Waals surface area (Å²) in [7, 11) is 0. The predicted octanol–water partition coefficient (Wildman–Crippen LogP) is 4.72. The van der Waals surface area contributed by atoms with Crippen LogP contribution in [0.5, 0.6) is 5.75 Å². The molecule has 3 aromatic carbocycles. The normalized spacial score (nSPS) is 11.5. The van der Waals surface area contributed by atoms with Gasteiger partial charge in [0, 0.05) is 12.0 Å². The zero-order valence-electron chi connectivity index (χ0n) is 15.7. The zero-order chi connectivity index (χ0) is 19.8. The molecule has 0 aliphatic heterocycles. The molecule has 0 bridgehead atoms. The number of hydrogen-bond donors (Lipinski definition) is 0. The van der Waals surface area contributed by atoms with Gasteiger partial charge in [0.15, 0.2) is 12.4 Å². The van der Waals surface area contributed by atoms with Crippen LogP contribution in [0.2, 0.25) is 0 Å². The van der Waals surface area contributed by atoms with Gasteiger partial charge >= 0.3 is 5.97 Å². The van der Waals surface area contributed by atoms with Gasteiger partial charge < -0.3 is 9.47 Å². The fourth-order valence-corrected chi connectivity index (χ4v) is 2.98. The minimum Gasteiger partial charge on any atom is -0.478 e. The van der Waals surface area contributed by atoms with Crippen molar-refractivity contribution in [3.63, 3.8) is 0 Å². The molecule has 0 radical (unpaired) electrons. The van der Waals surface area contributed by atoms with Crippen molar-refractivity contribution >= 4 is 12.3 Å². The Bertz CT molecular complexity index is 917. The Morgan fingerprint density at radius 1 is 0.929 bits per heavy atom. The third kappa shape index (κ3) is 4.86. The highest BCUT2D eigenvalue weighted by molar-refractivity contribution is 5.87. The molecule has 0 saturated heterocycles. The van der Waals surface area contributed by atoms with Crippen molar-refractivity contribution in [3.8, 4) is 16.9 Å². The highest BCUT2D eigenvalue weighted by atomic mass is 16.6. The molecular formula is C24H22O4. The molecule has 4 nitrogen and oxygen atoms in total. The van der Waals surface area contributed by atoms with Crippen molar-refractivity contribution < 1.29 is 19.1 Å². The first-order valence-corrected chi connectivity index (χ1v) is 9.23. The maximum absolute atomic E-state index is 12.3. The highest BCUT2D eigenvalue weighted by Crippen LogP contribution is 2.25. The number of aldehydes is 1. The van der Waals surface area contributed by atoms with Gasteiger partial charge in [-0.15, -0.1) is 0 Å². The molecule has 28 heavy (non-hydrogen) atoms. The van der Waals surface area contributed by atoms with Crippen molar-refractivity contribution in [2.75, 3.05) is 6.61 Å². The first kappa shape index (κ1) is 19.4. The Morgan fingerprint density at radius 2 is 1.61 bits per heavy atom. The second-order valence-electron chi connectivity index (χ2n) is 6.28. The van der Waals surface area contributed by atoms with Gasteiger partial charge in [0.2, 0.25) is 0 Å². The standard InChI is InChI=1S/C24H22O4/c1-2-27-24(26)23(16-18-8-4-3-5-9-18)28-21-14-12-19(13-15-21)22-11-7-6-10-20(22)17-25/h3-15,17,23H,2,16H2,1H3. The Hall–Kier alpha value is -3.40. The smallest absolute Gasteiger partial charge is 0.347 e. The van der Waals surface area contributed by atoms with Crippen LogP contribution in [-0.2, 0) is 16.0 Å². The van der Waals surface area contributed by atoms with Crippen molar-refractivity contribution in [1.29, 1.82) is 0 Å². The molecule has 4 heteroatoms. The lowest BCUT2D eigenvalue weighted by molar-refractivity contribution is -0.151. The maximum Gasteiger partial charge on any atom is 0.347 e. The van der Waals surface area contributed by atoms with Crippen LogP contribution in [0.3, 0.4) is 0 Å². The van der Waals surface area contributed by atoms with Gasteiger partial charge in [-0.25, -0.2) is 4.79 Å². The molecule has 3 aromatic rings. The summed E-state index contributed by atoms with van der Waals surface area (Å²) in [4.78, 5) is 23.6. The van der Waals surface area contributed by atoms with E-state index in [1.165, 1.54) is 0 Å². The van der Waals surface area contributed by atoms with Gasteiger partial charge in [0.05, 0.1) is 6.61 Å². The molecule has 0 aliphatic carbocycles. The summed E-state index contributed by atoms with van der Waals surface area (Å²) in [6, 6.07) is 24.5. The summed E-state index contributed by atoms with van der Waals surface area (Å²) in [5, 5.41) is 0. The average molecular weight is 374 g/mol. The Morgan fingerprint density at radius 3 is 2.29 bits per heavy atom. The summed E-state index contributed by atoms with van der Waals surface area (Å²) < 4.78 is 11.1. The molecule has 0 fully saturated rings. The topological polar surface area (TPSA) is 52.6 Å². The van der Waals surface area contributed by atoms with Crippen molar-refractivity contribution in [2.45, 2.75) is 19.4 Å². The lowest BCUT2D eigenvalue weighted by Gasteiger charge is -2.18. The van der Waals surface area contributed by atoms with E-state index in [0.29, 0.717) is 24.3 Å². The van der Waals surface area contributed by atoms with Gasteiger partial charge in [-0.3, -0.25) is 4.79 Å². The lowest BCUT2D eigenvalue weighted by atomic mass is 10.0. The second kappa shape index (κ2) is 9.51. The van der Waals surface area contributed by atoms with Gasteiger partial charge in [-0.1, -0.05) is 66.7 Å². The first-order chi connectivity index (χ1) is 13.7. The minimum absolute atomic E-state index is 0.300. The van der Waals surface area contributed by atoms with Crippen molar-refractivity contribution in [2.24, 2.45) is 0 Å². The van der Waals surface area contributed by atoms with E-state index in [1.807, 2.05) is 60.7 Å². The Balaban J connectivity index is 1.78. The fourth-order valence-electron chi connectivity index (χ4n) is 2.98. The molecule has 0 heterocycles. The Labute approximate surface area is 164 Å². The van der Waals surface area contributed by atoms with E-state index in [4.69, 9.17) is 9.47 Å². The van der Waals surface area contributed by atoms with Gasteiger partial charge in [-0.2, -0.15) is 0 Å².